The minimum atomic E-state index is -0.661. The summed E-state index contributed by atoms with van der Waals surface area (Å²) in [6.45, 7) is 4.96. The van der Waals surface area contributed by atoms with Gasteiger partial charge in [-0.2, -0.15) is 0 Å². The smallest absolute Gasteiger partial charge is 0.307 e. The third-order valence-electron chi connectivity index (χ3n) is 2.83. The van der Waals surface area contributed by atoms with Crippen molar-refractivity contribution >= 4 is 23.2 Å². The fraction of sp³-hybridized carbons (Fsp3) is 0.571. The van der Waals surface area contributed by atoms with Crippen molar-refractivity contribution in [3.05, 3.63) is 22.4 Å². The number of nitrogens with zero attached hydrogens (tertiary/aromatic N) is 1. The highest BCUT2D eigenvalue weighted by atomic mass is 32.1. The molecule has 1 atom stereocenters. The van der Waals surface area contributed by atoms with Crippen LogP contribution in [0.1, 0.15) is 31.2 Å². The summed E-state index contributed by atoms with van der Waals surface area (Å²) in [7, 11) is 1.34. The maximum absolute atomic E-state index is 12.4. The van der Waals surface area contributed by atoms with Crippen LogP contribution in [0.3, 0.4) is 0 Å². The molecule has 5 nitrogen and oxygen atoms in total. The molecule has 112 valence electrons. The first-order valence-electron chi connectivity index (χ1n) is 6.60. The number of esters is 1. The van der Waals surface area contributed by atoms with Gasteiger partial charge in [-0.15, -0.1) is 11.3 Å². The Kier molecular flexibility index (Phi) is 6.67. The minimum absolute atomic E-state index is 0.148. The van der Waals surface area contributed by atoms with E-state index in [0.29, 0.717) is 19.0 Å². The average molecular weight is 298 g/mol. The Balaban J connectivity index is 2.70. The molecule has 0 saturated heterocycles. The molecule has 1 amide bonds. The van der Waals surface area contributed by atoms with Gasteiger partial charge in [0.2, 0.25) is 5.91 Å². The van der Waals surface area contributed by atoms with Crippen molar-refractivity contribution < 1.29 is 14.3 Å². The first-order chi connectivity index (χ1) is 9.45. The van der Waals surface area contributed by atoms with E-state index in [1.807, 2.05) is 31.4 Å². The summed E-state index contributed by atoms with van der Waals surface area (Å²) in [5.41, 5.74) is 6.00. The zero-order valence-corrected chi connectivity index (χ0v) is 13.0. The van der Waals surface area contributed by atoms with Crippen molar-refractivity contribution in [2.45, 2.75) is 26.3 Å². The van der Waals surface area contributed by atoms with Gasteiger partial charge in [0.25, 0.3) is 0 Å². The molecule has 1 rings (SSSR count). The molecule has 0 fully saturated rings. The van der Waals surface area contributed by atoms with Crippen molar-refractivity contribution in [1.29, 1.82) is 0 Å². The van der Waals surface area contributed by atoms with Crippen molar-refractivity contribution in [3.63, 3.8) is 0 Å². The molecule has 0 aliphatic heterocycles. The molecule has 0 radical (unpaired) electrons. The van der Waals surface area contributed by atoms with Gasteiger partial charge in [0.05, 0.1) is 13.5 Å². The number of hydrogen-bond acceptors (Lipinski definition) is 5. The van der Waals surface area contributed by atoms with E-state index in [1.54, 1.807) is 4.90 Å². The van der Waals surface area contributed by atoms with E-state index in [0.717, 1.165) is 4.88 Å². The maximum atomic E-state index is 12.4. The Morgan fingerprint density at radius 2 is 2.15 bits per heavy atom. The van der Waals surface area contributed by atoms with Crippen LogP contribution < -0.4 is 5.73 Å². The van der Waals surface area contributed by atoms with E-state index < -0.39 is 6.04 Å². The van der Waals surface area contributed by atoms with E-state index in [1.165, 1.54) is 18.4 Å². The van der Waals surface area contributed by atoms with E-state index in [9.17, 15) is 9.59 Å². The van der Waals surface area contributed by atoms with Gasteiger partial charge < -0.3 is 15.4 Å². The molecule has 1 aromatic heterocycles. The molecule has 0 aliphatic rings. The molecule has 0 aliphatic carbocycles. The lowest BCUT2D eigenvalue weighted by Gasteiger charge is -2.26. The maximum Gasteiger partial charge on any atom is 0.307 e. The Morgan fingerprint density at radius 1 is 1.45 bits per heavy atom. The molecule has 20 heavy (non-hydrogen) atoms. The standard InChI is InChI=1S/C14H22N2O3S/c1-10(2)9-16(7-6-12(17)19-3)14(18)13(15)11-5-4-8-20-11/h4-5,8,10,13H,6-7,9,15H2,1-3H3. The van der Waals surface area contributed by atoms with Crippen LogP contribution >= 0.6 is 11.3 Å². The van der Waals surface area contributed by atoms with Gasteiger partial charge in [-0.25, -0.2) is 0 Å². The Bertz CT molecular complexity index is 432. The van der Waals surface area contributed by atoms with Gasteiger partial charge >= 0.3 is 5.97 Å². The van der Waals surface area contributed by atoms with Gasteiger partial charge in [-0.05, 0) is 17.4 Å². The van der Waals surface area contributed by atoms with Gasteiger partial charge in [0.15, 0.2) is 0 Å². The zero-order valence-electron chi connectivity index (χ0n) is 12.2. The van der Waals surface area contributed by atoms with Crippen LogP contribution in [0.2, 0.25) is 0 Å². The number of carbonyl (C=O) groups excluding carboxylic acids is 2. The molecule has 2 N–H and O–H groups in total. The molecular formula is C14H22N2O3S. The van der Waals surface area contributed by atoms with Crippen LogP contribution in [0.4, 0.5) is 0 Å². The van der Waals surface area contributed by atoms with Crippen LogP contribution in [0.5, 0.6) is 0 Å². The summed E-state index contributed by atoms with van der Waals surface area (Å²) in [4.78, 5) is 26.1. The molecule has 1 aromatic rings. The predicted molar refractivity (Wildman–Crippen MR) is 79.3 cm³/mol. The summed E-state index contributed by atoms with van der Waals surface area (Å²) in [5.74, 6) is -0.159. The van der Waals surface area contributed by atoms with Crippen LogP contribution in [0, 0.1) is 5.92 Å². The number of carbonyl (C=O) groups is 2. The third-order valence-corrected chi connectivity index (χ3v) is 3.78. The summed E-state index contributed by atoms with van der Waals surface area (Å²) >= 11 is 1.46. The number of hydrogen-bond donors (Lipinski definition) is 1. The van der Waals surface area contributed by atoms with E-state index >= 15 is 0 Å². The fourth-order valence-electron chi connectivity index (χ4n) is 1.85. The van der Waals surface area contributed by atoms with Gasteiger partial charge in [-0.3, -0.25) is 9.59 Å². The molecule has 1 unspecified atom stereocenters. The second kappa shape index (κ2) is 8.01. The lowest BCUT2D eigenvalue weighted by molar-refractivity contribution is -0.142. The third kappa shape index (κ3) is 4.94. The summed E-state index contributed by atoms with van der Waals surface area (Å²) < 4.78 is 4.61. The highest BCUT2D eigenvalue weighted by Gasteiger charge is 2.24. The van der Waals surface area contributed by atoms with E-state index in [4.69, 9.17) is 5.73 Å². The van der Waals surface area contributed by atoms with Crippen LogP contribution in [-0.4, -0.2) is 37.0 Å². The molecule has 1 heterocycles. The first kappa shape index (κ1) is 16.7. The second-order valence-corrected chi connectivity index (χ2v) is 5.98. The lowest BCUT2D eigenvalue weighted by Crippen LogP contribution is -2.41. The number of rotatable bonds is 7. The Hall–Kier alpha value is -1.40. The topological polar surface area (TPSA) is 72.6 Å². The Labute approximate surface area is 123 Å². The van der Waals surface area contributed by atoms with Crippen molar-refractivity contribution in [1.82, 2.24) is 4.90 Å². The number of methoxy groups -OCH3 is 1. The van der Waals surface area contributed by atoms with E-state index in [2.05, 4.69) is 4.74 Å². The Morgan fingerprint density at radius 3 is 2.65 bits per heavy atom. The normalized spacial score (nSPS) is 12.2. The molecule has 0 spiro atoms. The highest BCUT2D eigenvalue weighted by Crippen LogP contribution is 2.19. The van der Waals surface area contributed by atoms with Crippen molar-refractivity contribution in [2.24, 2.45) is 11.7 Å². The number of ether oxygens (including phenoxy) is 1. The predicted octanol–water partition coefficient (Wildman–Crippen LogP) is 1.80. The van der Waals surface area contributed by atoms with Crippen LogP contribution in [0.15, 0.2) is 17.5 Å². The molecule has 0 saturated carbocycles. The molecule has 6 heteroatoms. The number of amides is 1. The number of thiophene rings is 1. The van der Waals surface area contributed by atoms with Crippen LogP contribution in [0.25, 0.3) is 0 Å². The molecule has 0 bridgehead atoms. The molecule has 0 aromatic carbocycles. The largest absolute Gasteiger partial charge is 0.469 e. The van der Waals surface area contributed by atoms with Gasteiger partial charge in [-0.1, -0.05) is 19.9 Å². The summed E-state index contributed by atoms with van der Waals surface area (Å²) in [6, 6.07) is 3.06. The fourth-order valence-corrected chi connectivity index (χ4v) is 2.57. The SMILES string of the molecule is COC(=O)CCN(CC(C)C)C(=O)C(N)c1cccs1. The van der Waals surface area contributed by atoms with E-state index in [-0.39, 0.29) is 18.3 Å². The highest BCUT2D eigenvalue weighted by molar-refractivity contribution is 7.10. The summed E-state index contributed by atoms with van der Waals surface area (Å²) in [5, 5.41) is 1.89. The minimum Gasteiger partial charge on any atom is -0.469 e. The molecular weight excluding hydrogens is 276 g/mol. The first-order valence-corrected chi connectivity index (χ1v) is 7.48. The zero-order chi connectivity index (χ0) is 15.1. The number of nitrogens with two attached hydrogens (primary N) is 1. The average Bonchev–Trinajstić information content (AvgIpc) is 2.94. The second-order valence-electron chi connectivity index (χ2n) is 5.00. The lowest BCUT2D eigenvalue weighted by atomic mass is 10.1. The monoisotopic (exact) mass is 298 g/mol. The van der Waals surface area contributed by atoms with Gasteiger partial charge in [0, 0.05) is 18.0 Å². The summed E-state index contributed by atoms with van der Waals surface area (Å²) in [6.07, 6.45) is 0.187. The van der Waals surface area contributed by atoms with Crippen molar-refractivity contribution in [2.75, 3.05) is 20.2 Å². The quantitative estimate of drug-likeness (QED) is 0.779. The van der Waals surface area contributed by atoms with Crippen molar-refractivity contribution in [3.8, 4) is 0 Å². The van der Waals surface area contributed by atoms with Gasteiger partial charge in [0.1, 0.15) is 6.04 Å². The van der Waals surface area contributed by atoms with Crippen LogP contribution in [-0.2, 0) is 14.3 Å².